The molecular formula is C32H45FN4O4. The Kier molecular flexibility index (Phi) is 13.5. The number of rotatable bonds is 14. The molecule has 2 aromatic carbocycles. The first-order valence-electron chi connectivity index (χ1n) is 14.2. The molecule has 0 aromatic heterocycles. The van der Waals surface area contributed by atoms with Gasteiger partial charge in [0.2, 0.25) is 11.8 Å². The van der Waals surface area contributed by atoms with Gasteiger partial charge in [0.25, 0.3) is 0 Å². The van der Waals surface area contributed by atoms with Crippen LogP contribution in [-0.4, -0.2) is 44.9 Å². The Bertz CT molecular complexity index is 1190. The van der Waals surface area contributed by atoms with Crippen molar-refractivity contribution in [2.24, 2.45) is 16.3 Å². The van der Waals surface area contributed by atoms with Crippen LogP contribution in [0.15, 0.2) is 48.0 Å². The predicted molar refractivity (Wildman–Crippen MR) is 165 cm³/mol. The van der Waals surface area contributed by atoms with E-state index >= 15 is 4.39 Å². The van der Waals surface area contributed by atoms with Gasteiger partial charge in [-0.3, -0.25) is 14.6 Å². The second-order valence-electron chi connectivity index (χ2n) is 10.3. The monoisotopic (exact) mass is 568 g/mol. The minimum absolute atomic E-state index is 0.220. The van der Waals surface area contributed by atoms with Crippen molar-refractivity contribution in [1.29, 1.82) is 0 Å². The van der Waals surface area contributed by atoms with Crippen molar-refractivity contribution in [3.05, 3.63) is 54.4 Å². The van der Waals surface area contributed by atoms with Crippen molar-refractivity contribution in [2.75, 3.05) is 37.5 Å². The summed E-state index contributed by atoms with van der Waals surface area (Å²) in [7, 11) is 1.56. The summed E-state index contributed by atoms with van der Waals surface area (Å²) in [6.07, 6.45) is 5.27. The van der Waals surface area contributed by atoms with Crippen molar-refractivity contribution < 1.29 is 23.5 Å². The molecule has 0 bridgehead atoms. The number of ether oxygens (including phenoxy) is 2. The highest BCUT2D eigenvalue weighted by molar-refractivity contribution is 6.13. The maximum Gasteiger partial charge on any atom is 0.240 e. The van der Waals surface area contributed by atoms with Gasteiger partial charge in [-0.25, -0.2) is 4.39 Å². The molecule has 9 heteroatoms. The minimum atomic E-state index is -0.993. The first-order chi connectivity index (χ1) is 19.6. The van der Waals surface area contributed by atoms with E-state index in [-0.39, 0.29) is 24.0 Å². The largest absolute Gasteiger partial charge is 0.491 e. The molecule has 224 valence electrons. The molecular weight excluding hydrogens is 523 g/mol. The first kappa shape index (κ1) is 33.5. The summed E-state index contributed by atoms with van der Waals surface area (Å²) >= 11 is 0. The fourth-order valence-corrected chi connectivity index (χ4v) is 3.71. The van der Waals surface area contributed by atoms with Crippen LogP contribution in [-0.2, 0) is 14.3 Å². The van der Waals surface area contributed by atoms with Gasteiger partial charge in [-0.05, 0) is 49.9 Å². The molecule has 0 unspecified atom stereocenters. The van der Waals surface area contributed by atoms with Crippen molar-refractivity contribution in [3.63, 3.8) is 0 Å². The van der Waals surface area contributed by atoms with E-state index in [1.165, 1.54) is 18.9 Å². The molecule has 41 heavy (non-hydrogen) atoms. The van der Waals surface area contributed by atoms with E-state index in [4.69, 9.17) is 9.47 Å². The molecule has 2 amide bonds. The molecule has 0 aliphatic heterocycles. The summed E-state index contributed by atoms with van der Waals surface area (Å²) in [5.74, 6) is -0.407. The van der Waals surface area contributed by atoms with E-state index in [9.17, 15) is 9.59 Å². The Morgan fingerprint density at radius 1 is 1.05 bits per heavy atom. The van der Waals surface area contributed by atoms with Gasteiger partial charge < -0.3 is 25.4 Å². The molecule has 1 aliphatic rings. The number of nitrogens with one attached hydrogen (secondary N) is 3. The Morgan fingerprint density at radius 2 is 1.66 bits per heavy atom. The highest BCUT2D eigenvalue weighted by Crippen LogP contribution is 2.47. The lowest BCUT2D eigenvalue weighted by molar-refractivity contribution is -0.134. The number of unbranched alkanes of at least 4 members (excludes halogenated alkanes) is 1. The van der Waals surface area contributed by atoms with Crippen LogP contribution in [0.4, 0.5) is 21.5 Å². The summed E-state index contributed by atoms with van der Waals surface area (Å²) in [6.45, 7) is 15.3. The van der Waals surface area contributed by atoms with E-state index in [1.54, 1.807) is 50.6 Å². The number of anilines is 2. The van der Waals surface area contributed by atoms with Crippen LogP contribution in [0.1, 0.15) is 65.9 Å². The highest BCUT2D eigenvalue weighted by Gasteiger charge is 2.56. The number of methoxy groups -OCH3 is 1. The van der Waals surface area contributed by atoms with E-state index < -0.39 is 11.2 Å². The SMILES string of the molecule is C=C(Nc1ccc(NC(=O)C2(C(=O)NCC(C)C)CC2)cc1)c1c(F)cc(OCCOC)cc1N=CC.CCCC. The van der Waals surface area contributed by atoms with Gasteiger partial charge in [-0.1, -0.05) is 47.1 Å². The molecule has 0 heterocycles. The summed E-state index contributed by atoms with van der Waals surface area (Å²) < 4.78 is 25.5. The molecule has 8 nitrogen and oxygen atoms in total. The zero-order chi connectivity index (χ0) is 30.4. The average molecular weight is 569 g/mol. The van der Waals surface area contributed by atoms with Crippen LogP contribution in [0.25, 0.3) is 5.70 Å². The molecule has 0 saturated heterocycles. The molecule has 0 radical (unpaired) electrons. The molecule has 1 aliphatic carbocycles. The number of hydrogen-bond acceptors (Lipinski definition) is 6. The average Bonchev–Trinajstić information content (AvgIpc) is 3.75. The second kappa shape index (κ2) is 16.5. The summed E-state index contributed by atoms with van der Waals surface area (Å²) in [6, 6.07) is 9.83. The van der Waals surface area contributed by atoms with Crippen LogP contribution in [0.5, 0.6) is 5.75 Å². The van der Waals surface area contributed by atoms with E-state index in [1.807, 2.05) is 13.8 Å². The number of carbonyl (C=O) groups excluding carboxylic acids is 2. The van der Waals surface area contributed by atoms with Crippen LogP contribution >= 0.6 is 0 Å². The van der Waals surface area contributed by atoms with Crippen LogP contribution < -0.4 is 20.7 Å². The van der Waals surface area contributed by atoms with Crippen LogP contribution in [0.2, 0.25) is 0 Å². The number of benzene rings is 2. The van der Waals surface area contributed by atoms with Gasteiger partial charge in [0.15, 0.2) is 0 Å². The minimum Gasteiger partial charge on any atom is -0.491 e. The Labute approximate surface area is 243 Å². The van der Waals surface area contributed by atoms with Gasteiger partial charge in [0.1, 0.15) is 23.6 Å². The quantitative estimate of drug-likeness (QED) is 0.130. The zero-order valence-corrected chi connectivity index (χ0v) is 25.2. The molecule has 2 aromatic rings. The number of nitrogens with zero attached hydrogens (tertiary/aromatic N) is 1. The number of hydrogen-bond donors (Lipinski definition) is 3. The molecule has 3 N–H and O–H groups in total. The fraction of sp³-hybridized carbons (Fsp3) is 0.469. The number of halogens is 1. The third-order valence-corrected chi connectivity index (χ3v) is 6.40. The van der Waals surface area contributed by atoms with Crippen molar-refractivity contribution in [1.82, 2.24) is 5.32 Å². The van der Waals surface area contributed by atoms with Gasteiger partial charge in [-0.2, -0.15) is 0 Å². The van der Waals surface area contributed by atoms with Gasteiger partial charge in [0, 0.05) is 49.1 Å². The van der Waals surface area contributed by atoms with Crippen molar-refractivity contribution >= 4 is 40.8 Å². The lowest BCUT2D eigenvalue weighted by Crippen LogP contribution is -2.41. The Hall–Kier alpha value is -3.72. The number of amides is 2. The van der Waals surface area contributed by atoms with E-state index in [2.05, 4.69) is 41.4 Å². The molecule has 1 fully saturated rings. The fourth-order valence-electron chi connectivity index (χ4n) is 3.71. The maximum absolute atomic E-state index is 15.0. The number of carbonyl (C=O) groups is 2. The lowest BCUT2D eigenvalue weighted by atomic mass is 10.0. The number of aliphatic imine (C=N–C) groups is 1. The lowest BCUT2D eigenvalue weighted by Gasteiger charge is -2.17. The smallest absolute Gasteiger partial charge is 0.240 e. The molecule has 0 spiro atoms. The Balaban J connectivity index is 0.00000138. The second-order valence-corrected chi connectivity index (χ2v) is 10.3. The molecule has 3 rings (SSSR count). The summed E-state index contributed by atoms with van der Waals surface area (Å²) in [5, 5.41) is 8.79. The van der Waals surface area contributed by atoms with Gasteiger partial charge >= 0.3 is 0 Å². The zero-order valence-electron chi connectivity index (χ0n) is 25.2. The van der Waals surface area contributed by atoms with Crippen molar-refractivity contribution in [2.45, 2.75) is 60.3 Å². The standard InChI is InChI=1S/C28H35FN4O4.C4H10/c1-6-30-24-16-22(37-14-13-36-5)15-23(29)25(24)19(4)32-20-7-9-21(10-8-20)33-27(35)28(11-12-28)26(34)31-17-18(2)3;1-3-4-2/h6-10,15-16,18,32H,4,11-14,17H2,1-3,5H3,(H,31,34)(H,33,35);3-4H2,1-2H3. The van der Waals surface area contributed by atoms with Crippen LogP contribution in [0.3, 0.4) is 0 Å². The van der Waals surface area contributed by atoms with Gasteiger partial charge in [0.05, 0.1) is 17.9 Å². The van der Waals surface area contributed by atoms with Crippen molar-refractivity contribution in [3.8, 4) is 5.75 Å². The topological polar surface area (TPSA) is 101 Å². The summed E-state index contributed by atoms with van der Waals surface area (Å²) in [5.41, 5.74) is 1.12. The van der Waals surface area contributed by atoms with Gasteiger partial charge in [-0.15, -0.1) is 0 Å². The van der Waals surface area contributed by atoms with Crippen LogP contribution in [0, 0.1) is 17.2 Å². The normalized spacial score (nSPS) is 13.3. The summed E-state index contributed by atoms with van der Waals surface area (Å²) in [4.78, 5) is 29.6. The maximum atomic E-state index is 15.0. The third kappa shape index (κ3) is 10.0. The Morgan fingerprint density at radius 3 is 2.17 bits per heavy atom. The molecule has 0 atom stereocenters. The van der Waals surface area contributed by atoms with E-state index in [0.29, 0.717) is 60.4 Å². The highest BCUT2D eigenvalue weighted by atomic mass is 19.1. The molecule has 1 saturated carbocycles. The van der Waals surface area contributed by atoms with E-state index in [0.717, 1.165) is 0 Å². The predicted octanol–water partition coefficient (Wildman–Crippen LogP) is 6.95. The first-order valence-corrected chi connectivity index (χ1v) is 14.2. The third-order valence-electron chi connectivity index (χ3n) is 6.40.